The van der Waals surface area contributed by atoms with Gasteiger partial charge in [0.2, 0.25) is 10.0 Å². The predicted octanol–water partition coefficient (Wildman–Crippen LogP) is 1.19. The minimum Gasteiger partial charge on any atom is -0.352 e. The molecule has 0 aliphatic carbocycles. The van der Waals surface area contributed by atoms with Crippen molar-refractivity contribution in [1.82, 2.24) is 14.5 Å². The molecule has 10 heteroatoms. The zero-order valence-electron chi connectivity index (χ0n) is 12.0. The number of piperazine rings is 1. The summed E-state index contributed by atoms with van der Waals surface area (Å²) in [5.74, 6) is -0.265. The number of anilines is 1. The van der Waals surface area contributed by atoms with E-state index in [9.17, 15) is 21.6 Å². The molecule has 2 heterocycles. The Labute approximate surface area is 127 Å². The molecule has 124 valence electrons. The fourth-order valence-corrected chi connectivity index (χ4v) is 3.60. The van der Waals surface area contributed by atoms with E-state index in [4.69, 9.17) is 0 Å². The van der Waals surface area contributed by atoms with E-state index >= 15 is 0 Å². The molecule has 2 rings (SSSR count). The number of aryl methyl sites for hydroxylation is 1. The first kappa shape index (κ1) is 16.9. The number of aromatic nitrogens is 2. The van der Waals surface area contributed by atoms with Gasteiger partial charge in [-0.1, -0.05) is 0 Å². The third-order valence-electron chi connectivity index (χ3n) is 3.38. The Morgan fingerprint density at radius 2 is 1.77 bits per heavy atom. The third kappa shape index (κ3) is 4.54. The summed E-state index contributed by atoms with van der Waals surface area (Å²) >= 11 is 0. The van der Waals surface area contributed by atoms with Crippen molar-refractivity contribution in [2.45, 2.75) is 19.5 Å². The third-order valence-corrected chi connectivity index (χ3v) is 5.26. The standard InChI is InChI=1S/C12H17F3N4O2S/c1-10-2-3-11(17-16-10)18-5-7-19(8-6-18)22(20,21)9-4-12(13,14)15/h2-3H,4-9H2,1H3. The molecule has 1 aliphatic rings. The zero-order valence-corrected chi connectivity index (χ0v) is 12.9. The highest BCUT2D eigenvalue weighted by Gasteiger charge is 2.33. The minimum absolute atomic E-state index is 0.149. The summed E-state index contributed by atoms with van der Waals surface area (Å²) in [5.41, 5.74) is 0.775. The number of alkyl halides is 3. The van der Waals surface area contributed by atoms with Crippen molar-refractivity contribution in [3.05, 3.63) is 17.8 Å². The maximum atomic E-state index is 12.2. The van der Waals surface area contributed by atoms with Crippen LogP contribution in [0.25, 0.3) is 0 Å². The largest absolute Gasteiger partial charge is 0.390 e. The lowest BCUT2D eigenvalue weighted by Crippen LogP contribution is -2.49. The second kappa shape index (κ2) is 6.37. The molecule has 1 fully saturated rings. The number of rotatable bonds is 4. The Kier molecular flexibility index (Phi) is 4.90. The summed E-state index contributed by atoms with van der Waals surface area (Å²) in [4.78, 5) is 1.86. The Bertz CT molecular complexity index is 596. The number of halogens is 3. The highest BCUT2D eigenvalue weighted by atomic mass is 32.2. The van der Waals surface area contributed by atoms with E-state index < -0.39 is 28.4 Å². The predicted molar refractivity (Wildman–Crippen MR) is 75.0 cm³/mol. The maximum Gasteiger partial charge on any atom is 0.390 e. The van der Waals surface area contributed by atoms with Crippen molar-refractivity contribution in [3.8, 4) is 0 Å². The van der Waals surface area contributed by atoms with Crippen molar-refractivity contribution < 1.29 is 21.6 Å². The normalized spacial score (nSPS) is 17.7. The van der Waals surface area contributed by atoms with Crippen molar-refractivity contribution >= 4 is 15.8 Å². The summed E-state index contributed by atoms with van der Waals surface area (Å²) in [5, 5.41) is 7.95. The average molecular weight is 338 g/mol. The molecule has 0 aromatic carbocycles. The Morgan fingerprint density at radius 1 is 1.14 bits per heavy atom. The fourth-order valence-electron chi connectivity index (χ4n) is 2.13. The second-order valence-electron chi connectivity index (χ2n) is 5.10. The molecule has 0 radical (unpaired) electrons. The van der Waals surface area contributed by atoms with Gasteiger partial charge < -0.3 is 4.90 Å². The van der Waals surface area contributed by atoms with E-state index in [1.165, 1.54) is 0 Å². The van der Waals surface area contributed by atoms with Crippen LogP contribution >= 0.6 is 0 Å². The van der Waals surface area contributed by atoms with E-state index in [-0.39, 0.29) is 13.1 Å². The average Bonchev–Trinajstić information content (AvgIpc) is 2.46. The van der Waals surface area contributed by atoms with Crippen molar-refractivity contribution in [2.75, 3.05) is 36.8 Å². The Hall–Kier alpha value is -1.42. The van der Waals surface area contributed by atoms with E-state index in [1.807, 2.05) is 11.8 Å². The van der Waals surface area contributed by atoms with E-state index in [2.05, 4.69) is 10.2 Å². The first-order valence-electron chi connectivity index (χ1n) is 6.77. The van der Waals surface area contributed by atoms with Crippen LogP contribution in [-0.2, 0) is 10.0 Å². The Balaban J connectivity index is 1.92. The molecule has 0 atom stereocenters. The molecule has 1 saturated heterocycles. The SMILES string of the molecule is Cc1ccc(N2CCN(S(=O)(=O)CCC(F)(F)F)CC2)nn1. The van der Waals surface area contributed by atoms with Crippen LogP contribution in [0.15, 0.2) is 12.1 Å². The van der Waals surface area contributed by atoms with Gasteiger partial charge in [-0.3, -0.25) is 0 Å². The molecule has 0 amide bonds. The highest BCUT2D eigenvalue weighted by Crippen LogP contribution is 2.22. The number of sulfonamides is 1. The van der Waals surface area contributed by atoms with Crippen LogP contribution in [0.3, 0.4) is 0 Å². The van der Waals surface area contributed by atoms with Crippen LogP contribution in [-0.4, -0.2) is 61.0 Å². The van der Waals surface area contributed by atoms with E-state index in [0.29, 0.717) is 18.9 Å². The molecule has 1 aliphatic heterocycles. The van der Waals surface area contributed by atoms with Crippen molar-refractivity contribution in [1.29, 1.82) is 0 Å². The van der Waals surface area contributed by atoms with Gasteiger partial charge in [0.15, 0.2) is 5.82 Å². The number of nitrogens with zero attached hydrogens (tertiary/aromatic N) is 4. The van der Waals surface area contributed by atoms with E-state index in [1.54, 1.807) is 12.1 Å². The first-order valence-corrected chi connectivity index (χ1v) is 8.38. The van der Waals surface area contributed by atoms with Crippen LogP contribution in [0.2, 0.25) is 0 Å². The quantitative estimate of drug-likeness (QED) is 0.825. The summed E-state index contributed by atoms with van der Waals surface area (Å²) in [7, 11) is -3.88. The van der Waals surface area contributed by atoms with Crippen LogP contribution in [0.4, 0.5) is 19.0 Å². The lowest BCUT2D eigenvalue weighted by atomic mass is 10.3. The fraction of sp³-hybridized carbons (Fsp3) is 0.667. The summed E-state index contributed by atoms with van der Waals surface area (Å²) in [6.45, 7) is 2.86. The van der Waals surface area contributed by atoms with Crippen molar-refractivity contribution in [2.24, 2.45) is 0 Å². The number of hydrogen-bond donors (Lipinski definition) is 0. The van der Waals surface area contributed by atoms with Gasteiger partial charge in [-0.2, -0.15) is 22.6 Å². The first-order chi connectivity index (χ1) is 10.2. The van der Waals surface area contributed by atoms with Crippen LogP contribution in [0.1, 0.15) is 12.1 Å². The number of hydrogen-bond acceptors (Lipinski definition) is 5. The van der Waals surface area contributed by atoms with Crippen molar-refractivity contribution in [3.63, 3.8) is 0 Å². The molecule has 0 N–H and O–H groups in total. The summed E-state index contributed by atoms with van der Waals surface area (Å²) in [6, 6.07) is 3.59. The molecule has 1 aromatic heterocycles. The molecule has 22 heavy (non-hydrogen) atoms. The van der Waals surface area contributed by atoms with E-state index in [0.717, 1.165) is 10.00 Å². The molecule has 0 bridgehead atoms. The van der Waals surface area contributed by atoms with Gasteiger partial charge in [0.1, 0.15) is 0 Å². The van der Waals surface area contributed by atoms with Gasteiger partial charge in [0.25, 0.3) is 0 Å². The van der Waals surface area contributed by atoms with Crippen LogP contribution in [0.5, 0.6) is 0 Å². The smallest absolute Gasteiger partial charge is 0.352 e. The van der Waals surface area contributed by atoms with Crippen LogP contribution in [0, 0.1) is 6.92 Å². The van der Waals surface area contributed by atoms with Gasteiger partial charge in [0.05, 0.1) is 17.9 Å². The molecule has 0 spiro atoms. The van der Waals surface area contributed by atoms with Gasteiger partial charge in [-0.05, 0) is 19.1 Å². The maximum absolute atomic E-state index is 12.2. The molecule has 1 aromatic rings. The lowest BCUT2D eigenvalue weighted by molar-refractivity contribution is -0.130. The Morgan fingerprint density at radius 3 is 2.27 bits per heavy atom. The van der Waals surface area contributed by atoms with Crippen LogP contribution < -0.4 is 4.90 Å². The lowest BCUT2D eigenvalue weighted by Gasteiger charge is -2.34. The molecule has 0 saturated carbocycles. The molecule has 0 unspecified atom stereocenters. The minimum atomic E-state index is -4.47. The molecular weight excluding hydrogens is 321 g/mol. The highest BCUT2D eigenvalue weighted by molar-refractivity contribution is 7.89. The summed E-state index contributed by atoms with van der Waals surface area (Å²) < 4.78 is 61.4. The van der Waals surface area contributed by atoms with Gasteiger partial charge in [0, 0.05) is 26.2 Å². The van der Waals surface area contributed by atoms with Gasteiger partial charge in [-0.15, -0.1) is 5.10 Å². The topological polar surface area (TPSA) is 66.4 Å². The molecule has 6 nitrogen and oxygen atoms in total. The molecular formula is C12H17F3N4O2S. The second-order valence-corrected chi connectivity index (χ2v) is 7.19. The van der Waals surface area contributed by atoms with Gasteiger partial charge >= 0.3 is 6.18 Å². The summed E-state index contributed by atoms with van der Waals surface area (Å²) in [6.07, 6.45) is -5.79. The monoisotopic (exact) mass is 338 g/mol. The zero-order chi connectivity index (χ0) is 16.4. The van der Waals surface area contributed by atoms with Gasteiger partial charge in [-0.25, -0.2) is 8.42 Å².